The Morgan fingerprint density at radius 3 is 2.64 bits per heavy atom. The second-order valence-electron chi connectivity index (χ2n) is 2.15. The van der Waals surface area contributed by atoms with Crippen molar-refractivity contribution in [1.29, 1.82) is 0 Å². The lowest BCUT2D eigenvalue weighted by Gasteiger charge is -2.14. The van der Waals surface area contributed by atoms with Gasteiger partial charge in [0.15, 0.2) is 0 Å². The average molecular weight is 161 g/mol. The van der Waals surface area contributed by atoms with Crippen LogP contribution in [0, 0.1) is 0 Å². The fourth-order valence-electron chi connectivity index (χ4n) is 0.585. The molecule has 0 radical (unpaired) electrons. The third-order valence-electron chi connectivity index (χ3n) is 0.998. The van der Waals surface area contributed by atoms with E-state index in [2.05, 4.69) is 0 Å². The largest absolute Gasteiger partial charge is 0.435 e. The molecule has 0 aliphatic rings. The van der Waals surface area contributed by atoms with Crippen molar-refractivity contribution in [3.05, 3.63) is 0 Å². The van der Waals surface area contributed by atoms with Crippen molar-refractivity contribution in [2.24, 2.45) is 5.73 Å². The summed E-state index contributed by atoms with van der Waals surface area (Å²) < 4.78 is 9.80. The number of hydrogen-bond donors (Lipinski definition) is 1. The molecular weight excluding hydrogens is 146 g/mol. The minimum absolute atomic E-state index is 0.208. The van der Waals surface area contributed by atoms with Gasteiger partial charge in [-0.2, -0.15) is 0 Å². The highest BCUT2D eigenvalue weighted by atomic mass is 16.7. The third kappa shape index (κ3) is 5.82. The normalized spacial score (nSPS) is 12.6. The van der Waals surface area contributed by atoms with Crippen LogP contribution < -0.4 is 5.73 Å². The molecule has 1 atom stereocenters. The molecule has 0 bridgehead atoms. The first-order chi connectivity index (χ1) is 5.20. The maximum atomic E-state index is 10.4. The molecule has 0 amide bonds. The number of nitrogens with two attached hydrogens (primary N) is 1. The van der Waals surface area contributed by atoms with Crippen LogP contribution >= 0.6 is 0 Å². The van der Waals surface area contributed by atoms with Crippen molar-refractivity contribution in [2.45, 2.75) is 26.6 Å². The number of rotatable bonds is 5. The van der Waals surface area contributed by atoms with Gasteiger partial charge in [0.05, 0.1) is 13.2 Å². The Hall–Kier alpha value is -0.610. The van der Waals surface area contributed by atoms with Gasteiger partial charge in [-0.05, 0) is 6.42 Å². The molecule has 0 heterocycles. The molecule has 0 aliphatic heterocycles. The van der Waals surface area contributed by atoms with Gasteiger partial charge >= 0.3 is 5.97 Å². The van der Waals surface area contributed by atoms with Crippen LogP contribution in [-0.4, -0.2) is 25.4 Å². The standard InChI is InChI=1S/C7H15NO3/c1-3-4-10-7(5-8)11-6(2)9/h7H,3-5,8H2,1-2H3/t7-/m1/s1. The van der Waals surface area contributed by atoms with Crippen LogP contribution in [0.3, 0.4) is 0 Å². The molecule has 0 unspecified atom stereocenters. The highest BCUT2D eigenvalue weighted by Gasteiger charge is 2.08. The molecule has 0 aromatic carbocycles. The smallest absolute Gasteiger partial charge is 0.304 e. The summed E-state index contributed by atoms with van der Waals surface area (Å²) in [4.78, 5) is 10.4. The van der Waals surface area contributed by atoms with Gasteiger partial charge in [0.25, 0.3) is 0 Å². The molecule has 0 aliphatic carbocycles. The average Bonchev–Trinajstić information content (AvgIpc) is 1.97. The summed E-state index contributed by atoms with van der Waals surface area (Å²) in [6, 6.07) is 0. The van der Waals surface area contributed by atoms with Gasteiger partial charge in [-0.15, -0.1) is 0 Å². The second kappa shape index (κ2) is 6.12. The molecule has 4 heteroatoms. The van der Waals surface area contributed by atoms with Gasteiger partial charge < -0.3 is 15.2 Å². The SMILES string of the molecule is CCCO[C@@H](CN)OC(C)=O. The monoisotopic (exact) mass is 161 g/mol. The van der Waals surface area contributed by atoms with E-state index in [1.165, 1.54) is 6.92 Å². The van der Waals surface area contributed by atoms with Crippen LogP contribution in [0.15, 0.2) is 0 Å². The van der Waals surface area contributed by atoms with Gasteiger partial charge in [0, 0.05) is 6.92 Å². The Kier molecular flexibility index (Phi) is 5.78. The topological polar surface area (TPSA) is 61.6 Å². The lowest BCUT2D eigenvalue weighted by Crippen LogP contribution is -2.28. The fraction of sp³-hybridized carbons (Fsp3) is 0.857. The van der Waals surface area contributed by atoms with Crippen molar-refractivity contribution < 1.29 is 14.3 Å². The first kappa shape index (κ1) is 10.4. The van der Waals surface area contributed by atoms with E-state index in [-0.39, 0.29) is 12.5 Å². The lowest BCUT2D eigenvalue weighted by molar-refractivity contribution is -0.173. The summed E-state index contributed by atoms with van der Waals surface area (Å²) in [5.74, 6) is -0.364. The van der Waals surface area contributed by atoms with Gasteiger partial charge in [-0.25, -0.2) is 0 Å². The summed E-state index contributed by atoms with van der Waals surface area (Å²) in [7, 11) is 0. The van der Waals surface area contributed by atoms with E-state index in [0.29, 0.717) is 6.61 Å². The molecule has 0 saturated heterocycles. The summed E-state index contributed by atoms with van der Waals surface area (Å²) in [5, 5.41) is 0. The first-order valence-electron chi connectivity index (χ1n) is 3.69. The number of hydrogen-bond acceptors (Lipinski definition) is 4. The van der Waals surface area contributed by atoms with Crippen LogP contribution in [0.25, 0.3) is 0 Å². The molecular formula is C7H15NO3. The maximum Gasteiger partial charge on any atom is 0.304 e. The molecule has 66 valence electrons. The Labute approximate surface area is 66.7 Å². The van der Waals surface area contributed by atoms with Crippen molar-refractivity contribution in [1.82, 2.24) is 0 Å². The summed E-state index contributed by atoms with van der Waals surface area (Å²) in [6.45, 7) is 4.08. The van der Waals surface area contributed by atoms with E-state index < -0.39 is 6.29 Å². The van der Waals surface area contributed by atoms with E-state index in [9.17, 15) is 4.79 Å². The summed E-state index contributed by atoms with van der Waals surface area (Å²) in [5.41, 5.74) is 5.26. The van der Waals surface area contributed by atoms with Crippen molar-refractivity contribution >= 4 is 5.97 Å². The molecule has 0 spiro atoms. The van der Waals surface area contributed by atoms with Crippen LogP contribution in [0.1, 0.15) is 20.3 Å². The highest BCUT2D eigenvalue weighted by Crippen LogP contribution is 1.94. The van der Waals surface area contributed by atoms with Gasteiger partial charge in [-0.1, -0.05) is 6.92 Å². The molecule has 4 nitrogen and oxygen atoms in total. The van der Waals surface area contributed by atoms with Crippen LogP contribution in [0.2, 0.25) is 0 Å². The molecule has 0 aromatic rings. The Balaban J connectivity index is 3.49. The Bertz CT molecular complexity index is 116. The number of ether oxygens (including phenoxy) is 2. The zero-order valence-corrected chi connectivity index (χ0v) is 7.00. The number of carbonyl (C=O) groups is 1. The molecule has 0 aromatic heterocycles. The van der Waals surface area contributed by atoms with Gasteiger partial charge in [0.1, 0.15) is 0 Å². The molecule has 2 N–H and O–H groups in total. The fourth-order valence-corrected chi connectivity index (χ4v) is 0.585. The van der Waals surface area contributed by atoms with E-state index in [1.54, 1.807) is 0 Å². The van der Waals surface area contributed by atoms with Crippen molar-refractivity contribution in [2.75, 3.05) is 13.2 Å². The molecule has 11 heavy (non-hydrogen) atoms. The molecule has 0 saturated carbocycles. The number of carbonyl (C=O) groups excluding carboxylic acids is 1. The van der Waals surface area contributed by atoms with E-state index in [0.717, 1.165) is 6.42 Å². The zero-order valence-electron chi connectivity index (χ0n) is 7.00. The number of esters is 1. The Morgan fingerprint density at radius 1 is 1.64 bits per heavy atom. The summed E-state index contributed by atoms with van der Waals surface area (Å²) in [6.07, 6.45) is 0.310. The van der Waals surface area contributed by atoms with E-state index in [4.69, 9.17) is 15.2 Å². The van der Waals surface area contributed by atoms with Crippen LogP contribution in [-0.2, 0) is 14.3 Å². The zero-order chi connectivity index (χ0) is 8.69. The molecule has 0 fully saturated rings. The lowest BCUT2D eigenvalue weighted by atomic mass is 10.5. The highest BCUT2D eigenvalue weighted by molar-refractivity contribution is 5.66. The summed E-state index contributed by atoms with van der Waals surface area (Å²) >= 11 is 0. The van der Waals surface area contributed by atoms with Crippen molar-refractivity contribution in [3.8, 4) is 0 Å². The van der Waals surface area contributed by atoms with E-state index in [1.807, 2.05) is 6.92 Å². The van der Waals surface area contributed by atoms with E-state index >= 15 is 0 Å². The minimum atomic E-state index is -0.576. The predicted molar refractivity (Wildman–Crippen MR) is 40.9 cm³/mol. The quantitative estimate of drug-likeness (QED) is 0.464. The van der Waals surface area contributed by atoms with Gasteiger partial charge in [0.2, 0.25) is 6.29 Å². The third-order valence-corrected chi connectivity index (χ3v) is 0.998. The molecule has 0 rings (SSSR count). The van der Waals surface area contributed by atoms with Crippen LogP contribution in [0.5, 0.6) is 0 Å². The first-order valence-corrected chi connectivity index (χ1v) is 3.69. The minimum Gasteiger partial charge on any atom is -0.435 e. The second-order valence-corrected chi connectivity index (χ2v) is 2.15. The predicted octanol–water partition coefficient (Wildman–Crippen LogP) is 0.261. The van der Waals surface area contributed by atoms with Crippen molar-refractivity contribution in [3.63, 3.8) is 0 Å². The van der Waals surface area contributed by atoms with Crippen LogP contribution in [0.4, 0.5) is 0 Å². The van der Waals surface area contributed by atoms with Gasteiger partial charge in [-0.3, -0.25) is 4.79 Å². The maximum absolute atomic E-state index is 10.4. The Morgan fingerprint density at radius 2 is 2.27 bits per heavy atom.